The van der Waals surface area contributed by atoms with Crippen molar-refractivity contribution in [2.24, 2.45) is 0 Å². The van der Waals surface area contributed by atoms with Crippen molar-refractivity contribution in [3.63, 3.8) is 0 Å². The molecule has 0 bridgehead atoms. The van der Waals surface area contributed by atoms with E-state index in [4.69, 9.17) is 0 Å². The number of hydrogen-bond acceptors (Lipinski definition) is 3. The zero-order valence-corrected chi connectivity index (χ0v) is 13.9. The van der Waals surface area contributed by atoms with E-state index in [-0.39, 0.29) is 12.1 Å². The van der Waals surface area contributed by atoms with Crippen molar-refractivity contribution < 1.29 is 4.79 Å². The van der Waals surface area contributed by atoms with Gasteiger partial charge in [0.2, 0.25) is 0 Å². The Labute approximate surface area is 147 Å². The molecule has 25 heavy (non-hydrogen) atoms. The Morgan fingerprint density at radius 1 is 0.840 bits per heavy atom. The Hall–Kier alpha value is -3.34. The Balaban J connectivity index is 1.56. The third-order valence-corrected chi connectivity index (χ3v) is 3.72. The third kappa shape index (κ3) is 4.81. The van der Waals surface area contributed by atoms with Gasteiger partial charge in [-0.05, 0) is 36.8 Å². The molecule has 2 amide bonds. The predicted octanol–water partition coefficient (Wildman–Crippen LogP) is 4.90. The Morgan fingerprint density at radius 2 is 1.48 bits per heavy atom. The molecule has 0 aliphatic rings. The molecular formula is C20H20N4O. The highest BCUT2D eigenvalue weighted by atomic mass is 16.2. The molecular weight excluding hydrogens is 312 g/mol. The largest absolute Gasteiger partial charge is 0.364 e. The number of amides is 2. The van der Waals surface area contributed by atoms with Crippen LogP contribution in [0.1, 0.15) is 18.5 Å². The maximum absolute atomic E-state index is 12.0. The summed E-state index contributed by atoms with van der Waals surface area (Å²) in [6, 6.07) is 23.0. The van der Waals surface area contributed by atoms with Gasteiger partial charge in [0.15, 0.2) is 0 Å². The fourth-order valence-corrected chi connectivity index (χ4v) is 2.41. The first-order chi connectivity index (χ1) is 12.2. The normalized spacial score (nSPS) is 11.4. The van der Waals surface area contributed by atoms with Crippen molar-refractivity contribution in [2.75, 3.05) is 16.0 Å². The summed E-state index contributed by atoms with van der Waals surface area (Å²) in [6.07, 6.45) is 1.63. The molecule has 0 radical (unpaired) electrons. The Morgan fingerprint density at radius 3 is 2.12 bits per heavy atom. The number of aromatic nitrogens is 1. The van der Waals surface area contributed by atoms with Crippen LogP contribution in [0.4, 0.5) is 22.0 Å². The van der Waals surface area contributed by atoms with E-state index >= 15 is 0 Å². The second kappa shape index (κ2) is 7.97. The van der Waals surface area contributed by atoms with Crippen LogP contribution in [0.2, 0.25) is 0 Å². The lowest BCUT2D eigenvalue weighted by Gasteiger charge is -2.15. The summed E-state index contributed by atoms with van der Waals surface area (Å²) in [5.41, 5.74) is 2.56. The number of nitrogens with one attached hydrogen (secondary N) is 3. The lowest BCUT2D eigenvalue weighted by atomic mass is 10.1. The number of rotatable bonds is 5. The molecule has 5 heteroatoms. The summed E-state index contributed by atoms with van der Waals surface area (Å²) < 4.78 is 0. The maximum Gasteiger partial charge on any atom is 0.323 e. The van der Waals surface area contributed by atoms with Gasteiger partial charge in [-0.2, -0.15) is 0 Å². The molecule has 0 saturated carbocycles. The average molecular weight is 332 g/mol. The molecule has 0 fully saturated rings. The monoisotopic (exact) mass is 332 g/mol. The number of urea groups is 1. The molecule has 0 aliphatic carbocycles. The molecule has 0 spiro atoms. The summed E-state index contributed by atoms with van der Waals surface area (Å²) in [7, 11) is 0. The SMILES string of the molecule is CC(Nc1ccc(NC(=O)Nc2ccccc2)cn1)c1ccccc1. The molecule has 0 aliphatic heterocycles. The van der Waals surface area contributed by atoms with E-state index in [0.717, 1.165) is 11.5 Å². The predicted molar refractivity (Wildman–Crippen MR) is 102 cm³/mol. The highest BCUT2D eigenvalue weighted by molar-refractivity contribution is 5.99. The minimum absolute atomic E-state index is 0.147. The van der Waals surface area contributed by atoms with Gasteiger partial charge in [0, 0.05) is 11.7 Å². The first-order valence-electron chi connectivity index (χ1n) is 8.11. The van der Waals surface area contributed by atoms with Crippen molar-refractivity contribution in [3.8, 4) is 0 Å². The van der Waals surface area contributed by atoms with E-state index in [0.29, 0.717) is 5.69 Å². The number of pyridine rings is 1. The second-order valence-electron chi connectivity index (χ2n) is 5.65. The number of carbonyl (C=O) groups is 1. The molecule has 1 atom stereocenters. The van der Waals surface area contributed by atoms with Gasteiger partial charge in [0.1, 0.15) is 5.82 Å². The van der Waals surface area contributed by atoms with Crippen molar-refractivity contribution >= 4 is 23.2 Å². The lowest BCUT2D eigenvalue weighted by molar-refractivity contribution is 0.262. The van der Waals surface area contributed by atoms with E-state index in [9.17, 15) is 4.79 Å². The van der Waals surface area contributed by atoms with Crippen LogP contribution in [0, 0.1) is 0 Å². The molecule has 1 unspecified atom stereocenters. The maximum atomic E-state index is 12.0. The fraction of sp³-hybridized carbons (Fsp3) is 0.100. The third-order valence-electron chi connectivity index (χ3n) is 3.72. The van der Waals surface area contributed by atoms with Crippen LogP contribution in [-0.4, -0.2) is 11.0 Å². The van der Waals surface area contributed by atoms with Crippen LogP contribution in [0.5, 0.6) is 0 Å². The topological polar surface area (TPSA) is 66.0 Å². The Kier molecular flexibility index (Phi) is 5.26. The summed E-state index contributed by atoms with van der Waals surface area (Å²) in [6.45, 7) is 2.08. The molecule has 126 valence electrons. The van der Waals surface area contributed by atoms with E-state index in [1.165, 1.54) is 5.56 Å². The number of hydrogen-bond donors (Lipinski definition) is 3. The summed E-state index contributed by atoms with van der Waals surface area (Å²) in [5, 5.41) is 8.87. The van der Waals surface area contributed by atoms with Gasteiger partial charge in [-0.15, -0.1) is 0 Å². The lowest BCUT2D eigenvalue weighted by Crippen LogP contribution is -2.19. The number of benzene rings is 2. The van der Waals surface area contributed by atoms with Crippen LogP contribution in [-0.2, 0) is 0 Å². The molecule has 1 heterocycles. The van der Waals surface area contributed by atoms with E-state index in [1.54, 1.807) is 6.20 Å². The van der Waals surface area contributed by atoms with Crippen molar-refractivity contribution in [3.05, 3.63) is 84.6 Å². The van der Waals surface area contributed by atoms with Crippen LogP contribution < -0.4 is 16.0 Å². The minimum Gasteiger partial charge on any atom is -0.364 e. The van der Waals surface area contributed by atoms with Crippen molar-refractivity contribution in [1.29, 1.82) is 0 Å². The van der Waals surface area contributed by atoms with Crippen LogP contribution in [0.25, 0.3) is 0 Å². The summed E-state index contributed by atoms with van der Waals surface area (Å²) in [4.78, 5) is 16.3. The molecule has 0 saturated heterocycles. The highest BCUT2D eigenvalue weighted by Gasteiger charge is 2.06. The van der Waals surface area contributed by atoms with Gasteiger partial charge in [0.05, 0.1) is 11.9 Å². The standard InChI is InChI=1S/C20H20N4O/c1-15(16-8-4-2-5-9-16)22-19-13-12-18(14-21-19)24-20(25)23-17-10-6-3-7-11-17/h2-15H,1H3,(H,21,22)(H2,23,24,25). The van der Waals surface area contributed by atoms with E-state index < -0.39 is 0 Å². The van der Waals surface area contributed by atoms with Gasteiger partial charge in [-0.25, -0.2) is 9.78 Å². The van der Waals surface area contributed by atoms with E-state index in [2.05, 4.69) is 40.0 Å². The molecule has 5 nitrogen and oxygen atoms in total. The second-order valence-corrected chi connectivity index (χ2v) is 5.65. The smallest absolute Gasteiger partial charge is 0.323 e. The Bertz CT molecular complexity index is 804. The van der Waals surface area contributed by atoms with Crippen molar-refractivity contribution in [1.82, 2.24) is 4.98 Å². The summed E-state index contributed by atoms with van der Waals surface area (Å²) >= 11 is 0. The number of para-hydroxylation sites is 1. The molecule has 2 aromatic carbocycles. The average Bonchev–Trinajstić information content (AvgIpc) is 2.65. The van der Waals surface area contributed by atoms with Crippen molar-refractivity contribution in [2.45, 2.75) is 13.0 Å². The minimum atomic E-state index is -0.300. The quantitative estimate of drug-likeness (QED) is 0.622. The van der Waals surface area contributed by atoms with Gasteiger partial charge >= 0.3 is 6.03 Å². The molecule has 3 aromatic rings. The molecule has 3 rings (SSSR count). The van der Waals surface area contributed by atoms with Gasteiger partial charge < -0.3 is 16.0 Å². The van der Waals surface area contributed by atoms with Crippen LogP contribution in [0.3, 0.4) is 0 Å². The first kappa shape index (κ1) is 16.5. The number of nitrogens with zero attached hydrogens (tertiary/aromatic N) is 1. The zero-order valence-electron chi connectivity index (χ0n) is 13.9. The number of carbonyl (C=O) groups excluding carboxylic acids is 1. The first-order valence-corrected chi connectivity index (χ1v) is 8.11. The zero-order chi connectivity index (χ0) is 17.5. The fourth-order valence-electron chi connectivity index (χ4n) is 2.41. The summed E-state index contributed by atoms with van der Waals surface area (Å²) in [5.74, 6) is 0.755. The van der Waals surface area contributed by atoms with Crippen LogP contribution >= 0.6 is 0 Å². The molecule has 3 N–H and O–H groups in total. The van der Waals surface area contributed by atoms with Gasteiger partial charge in [0.25, 0.3) is 0 Å². The van der Waals surface area contributed by atoms with Gasteiger partial charge in [-0.3, -0.25) is 0 Å². The molecule has 1 aromatic heterocycles. The van der Waals surface area contributed by atoms with Gasteiger partial charge in [-0.1, -0.05) is 48.5 Å². The van der Waals surface area contributed by atoms with E-state index in [1.807, 2.05) is 60.7 Å². The highest BCUT2D eigenvalue weighted by Crippen LogP contribution is 2.18. The number of anilines is 3. The van der Waals surface area contributed by atoms with Crippen LogP contribution in [0.15, 0.2) is 79.0 Å².